The molecule has 0 aliphatic carbocycles. The number of ether oxygens (including phenoxy) is 1. The van der Waals surface area contributed by atoms with Crippen molar-refractivity contribution in [3.8, 4) is 5.75 Å². The molecule has 23 heavy (non-hydrogen) atoms. The van der Waals surface area contributed by atoms with Crippen molar-refractivity contribution in [2.45, 2.75) is 25.6 Å². The summed E-state index contributed by atoms with van der Waals surface area (Å²) in [5.74, 6) is 1.83. The summed E-state index contributed by atoms with van der Waals surface area (Å²) in [7, 11) is 0. The predicted molar refractivity (Wildman–Crippen MR) is 90.9 cm³/mol. The summed E-state index contributed by atoms with van der Waals surface area (Å²) in [6, 6.07) is 4.49. The first-order valence-electron chi connectivity index (χ1n) is 6.85. The van der Waals surface area contributed by atoms with Crippen LogP contribution in [-0.4, -0.2) is 36.6 Å². The third kappa shape index (κ3) is 7.12. The number of carbonyl (C=O) groups excluding carboxylic acids is 1. The first-order valence-corrected chi connectivity index (χ1v) is 8.39. The minimum atomic E-state index is -2.92. The highest BCUT2D eigenvalue weighted by Crippen LogP contribution is 2.24. The van der Waals surface area contributed by atoms with Gasteiger partial charge in [-0.05, 0) is 18.2 Å². The van der Waals surface area contributed by atoms with Crippen LogP contribution in [0, 0.1) is 0 Å². The van der Waals surface area contributed by atoms with E-state index >= 15 is 0 Å². The van der Waals surface area contributed by atoms with E-state index in [1.807, 2.05) is 11.8 Å². The van der Waals surface area contributed by atoms with E-state index < -0.39 is 6.61 Å². The fourth-order valence-corrected chi connectivity index (χ4v) is 3.28. The van der Waals surface area contributed by atoms with Gasteiger partial charge in [-0.25, -0.2) is 0 Å². The van der Waals surface area contributed by atoms with Crippen molar-refractivity contribution in [1.29, 1.82) is 0 Å². The zero-order valence-corrected chi connectivity index (χ0v) is 14.6. The Labute approximate surface area is 149 Å². The largest absolute Gasteiger partial charge is 0.434 e. The van der Waals surface area contributed by atoms with Crippen LogP contribution in [0.1, 0.15) is 12.0 Å². The molecule has 0 radical (unpaired) electrons. The number of hydrogen-bond acceptors (Lipinski definition) is 4. The second-order valence-electron chi connectivity index (χ2n) is 4.84. The normalized spacial score (nSPS) is 17.5. The third-order valence-corrected chi connectivity index (χ3v) is 4.51. The van der Waals surface area contributed by atoms with E-state index in [1.54, 1.807) is 0 Å². The molecule has 130 valence electrons. The topological polar surface area (TPSA) is 50.4 Å². The van der Waals surface area contributed by atoms with Crippen LogP contribution >= 0.6 is 35.8 Å². The van der Waals surface area contributed by atoms with Crippen LogP contribution in [0.25, 0.3) is 0 Å². The molecule has 1 atom stereocenters. The molecule has 2 N–H and O–H groups in total. The summed E-state index contributed by atoms with van der Waals surface area (Å²) in [6.07, 6.45) is 0.360. The summed E-state index contributed by atoms with van der Waals surface area (Å²) in [5.41, 5.74) is 0.423. The van der Waals surface area contributed by atoms with Crippen molar-refractivity contribution in [2.75, 3.05) is 18.1 Å². The van der Waals surface area contributed by atoms with E-state index in [9.17, 15) is 13.6 Å². The molecule has 4 nitrogen and oxygen atoms in total. The van der Waals surface area contributed by atoms with Gasteiger partial charge in [0.2, 0.25) is 5.91 Å². The Morgan fingerprint density at radius 3 is 2.96 bits per heavy atom. The van der Waals surface area contributed by atoms with Gasteiger partial charge in [0.05, 0.1) is 0 Å². The molecule has 1 aromatic rings. The van der Waals surface area contributed by atoms with Crippen LogP contribution in [0.15, 0.2) is 18.2 Å². The molecular weight excluding hydrogens is 369 g/mol. The average molecular weight is 387 g/mol. The number of benzene rings is 1. The minimum absolute atomic E-state index is 0. The monoisotopic (exact) mass is 386 g/mol. The summed E-state index contributed by atoms with van der Waals surface area (Å²) >= 11 is 7.66. The molecule has 9 heteroatoms. The van der Waals surface area contributed by atoms with Gasteiger partial charge in [0.1, 0.15) is 5.75 Å². The zero-order valence-electron chi connectivity index (χ0n) is 12.2. The number of hydrogen-bond donors (Lipinski definition) is 2. The Hall–Kier alpha value is -0.760. The predicted octanol–water partition coefficient (Wildman–Crippen LogP) is 3.07. The Bertz CT molecular complexity index is 518. The van der Waals surface area contributed by atoms with Gasteiger partial charge in [-0.1, -0.05) is 11.6 Å². The minimum Gasteiger partial charge on any atom is -0.434 e. The van der Waals surface area contributed by atoms with Gasteiger partial charge < -0.3 is 15.4 Å². The zero-order chi connectivity index (χ0) is 15.9. The van der Waals surface area contributed by atoms with E-state index in [-0.39, 0.29) is 36.7 Å². The fraction of sp³-hybridized carbons (Fsp3) is 0.500. The molecule has 1 aliphatic heterocycles. The van der Waals surface area contributed by atoms with Gasteiger partial charge >= 0.3 is 6.61 Å². The molecule has 1 saturated heterocycles. The Kier molecular flexibility index (Phi) is 8.98. The van der Waals surface area contributed by atoms with Crippen molar-refractivity contribution in [2.24, 2.45) is 0 Å². The van der Waals surface area contributed by atoms with E-state index in [0.29, 0.717) is 17.0 Å². The molecule has 0 bridgehead atoms. The Morgan fingerprint density at radius 2 is 2.30 bits per heavy atom. The summed E-state index contributed by atoms with van der Waals surface area (Å²) in [6.45, 7) is -1.93. The summed E-state index contributed by atoms with van der Waals surface area (Å²) in [4.78, 5) is 11.9. The number of alkyl halides is 2. The van der Waals surface area contributed by atoms with Crippen molar-refractivity contribution >= 4 is 41.7 Å². The highest BCUT2D eigenvalue weighted by molar-refractivity contribution is 7.99. The lowest BCUT2D eigenvalue weighted by molar-refractivity contribution is -0.121. The first-order chi connectivity index (χ1) is 10.5. The second kappa shape index (κ2) is 10.2. The number of nitrogens with one attached hydrogen (secondary N) is 2. The third-order valence-electron chi connectivity index (χ3n) is 3.14. The maximum Gasteiger partial charge on any atom is 0.387 e. The van der Waals surface area contributed by atoms with Gasteiger partial charge in [0.25, 0.3) is 0 Å². The average Bonchev–Trinajstić information content (AvgIpc) is 2.48. The molecule has 1 fully saturated rings. The maximum absolute atomic E-state index is 12.4. The summed E-state index contributed by atoms with van der Waals surface area (Å²) < 4.78 is 29.1. The number of carbonyl (C=O) groups is 1. The van der Waals surface area contributed by atoms with E-state index in [1.165, 1.54) is 18.2 Å². The van der Waals surface area contributed by atoms with Crippen molar-refractivity contribution in [3.05, 3.63) is 28.8 Å². The van der Waals surface area contributed by atoms with Crippen LogP contribution in [-0.2, 0) is 11.3 Å². The SMILES string of the molecule is Cl.O=C(CC1CSCCN1)NCc1cc(Cl)ccc1OC(F)F. The number of amides is 1. The number of halogens is 4. The Morgan fingerprint density at radius 1 is 1.52 bits per heavy atom. The molecular formula is C14H18Cl2F2N2O2S. The van der Waals surface area contributed by atoms with E-state index in [4.69, 9.17) is 11.6 Å². The molecule has 0 spiro atoms. The highest BCUT2D eigenvalue weighted by atomic mass is 35.5. The summed E-state index contributed by atoms with van der Waals surface area (Å²) in [5, 5.41) is 6.38. The Balaban J connectivity index is 0.00000264. The lowest BCUT2D eigenvalue weighted by Gasteiger charge is -2.22. The van der Waals surface area contributed by atoms with Gasteiger partial charge in [-0.15, -0.1) is 12.4 Å². The molecule has 1 aliphatic rings. The molecule has 1 heterocycles. The van der Waals surface area contributed by atoms with Crippen LogP contribution in [0.3, 0.4) is 0 Å². The van der Waals surface area contributed by atoms with Gasteiger partial charge in [0, 0.05) is 47.6 Å². The van der Waals surface area contributed by atoms with E-state index in [2.05, 4.69) is 15.4 Å². The lowest BCUT2D eigenvalue weighted by atomic mass is 10.2. The number of rotatable bonds is 6. The van der Waals surface area contributed by atoms with E-state index in [0.717, 1.165) is 18.1 Å². The van der Waals surface area contributed by atoms with Crippen LogP contribution in [0.5, 0.6) is 5.75 Å². The smallest absolute Gasteiger partial charge is 0.387 e. The van der Waals surface area contributed by atoms with Crippen molar-refractivity contribution < 1.29 is 18.3 Å². The van der Waals surface area contributed by atoms with Gasteiger partial charge in [0.15, 0.2) is 0 Å². The van der Waals surface area contributed by atoms with Gasteiger partial charge in [-0.3, -0.25) is 4.79 Å². The second-order valence-corrected chi connectivity index (χ2v) is 6.42. The molecule has 0 saturated carbocycles. The molecule has 2 rings (SSSR count). The molecule has 0 aromatic heterocycles. The van der Waals surface area contributed by atoms with Crippen LogP contribution in [0.2, 0.25) is 5.02 Å². The molecule has 1 amide bonds. The van der Waals surface area contributed by atoms with Crippen LogP contribution < -0.4 is 15.4 Å². The maximum atomic E-state index is 12.4. The van der Waals surface area contributed by atoms with Crippen LogP contribution in [0.4, 0.5) is 8.78 Å². The number of thioether (sulfide) groups is 1. The quantitative estimate of drug-likeness (QED) is 0.788. The van der Waals surface area contributed by atoms with Crippen molar-refractivity contribution in [3.63, 3.8) is 0 Å². The first kappa shape index (κ1) is 20.3. The fourth-order valence-electron chi connectivity index (χ4n) is 2.14. The standard InChI is InChI=1S/C14H17ClF2N2O2S.ClH/c15-10-1-2-12(21-14(16)17)9(5-10)7-19-13(20)6-11-8-22-4-3-18-11;/h1-2,5,11,14,18H,3-4,6-8H2,(H,19,20);1H. The van der Waals surface area contributed by atoms with Gasteiger partial charge in [-0.2, -0.15) is 20.5 Å². The lowest BCUT2D eigenvalue weighted by Crippen LogP contribution is -2.41. The molecule has 1 aromatic carbocycles. The highest BCUT2D eigenvalue weighted by Gasteiger charge is 2.17. The molecule has 1 unspecified atom stereocenters. The van der Waals surface area contributed by atoms with Crippen molar-refractivity contribution in [1.82, 2.24) is 10.6 Å².